The molecule has 352 valence electrons. The van der Waals surface area contributed by atoms with Crippen LogP contribution < -0.4 is 10.7 Å². The first-order valence-corrected chi connectivity index (χ1v) is 24.6. The van der Waals surface area contributed by atoms with E-state index in [0.717, 1.165) is 64.7 Å². The van der Waals surface area contributed by atoms with Gasteiger partial charge in [0, 0.05) is 78.9 Å². The number of likely N-dealkylation sites (tertiary alicyclic amines) is 1. The Morgan fingerprint density at radius 1 is 1.11 bits per heavy atom. The average molecular weight is 912 g/mol. The number of methoxy groups -OCH3 is 1. The average Bonchev–Trinajstić information content (AvgIpc) is 3.57. The van der Waals surface area contributed by atoms with Crippen molar-refractivity contribution in [1.82, 2.24) is 30.2 Å². The van der Waals surface area contributed by atoms with Gasteiger partial charge in [0.2, 0.25) is 11.8 Å². The summed E-state index contributed by atoms with van der Waals surface area (Å²) < 4.78 is 20.7. The number of aromatic nitrogens is 2. The summed E-state index contributed by atoms with van der Waals surface area (Å²) in [5, 5.41) is 8.01. The van der Waals surface area contributed by atoms with Crippen molar-refractivity contribution in [3.8, 4) is 11.3 Å². The van der Waals surface area contributed by atoms with Crippen LogP contribution in [0.5, 0.6) is 0 Å². The predicted octanol–water partition coefficient (Wildman–Crippen LogP) is 7.67. The third-order valence-electron chi connectivity index (χ3n) is 13.6. The van der Waals surface area contributed by atoms with Crippen LogP contribution in [0.3, 0.4) is 0 Å². The maximum absolute atomic E-state index is 14.9. The molecule has 7 rings (SSSR count). The number of benzene rings is 1. The molecule has 15 heteroatoms. The molecule has 2 saturated heterocycles. The minimum absolute atomic E-state index is 0.0152. The molecule has 7 atom stereocenters. The number of rotatable bonds is 11. The molecule has 0 unspecified atom stereocenters. The number of hydrazine groups is 1. The Morgan fingerprint density at radius 2 is 1.85 bits per heavy atom. The van der Waals surface area contributed by atoms with Gasteiger partial charge in [-0.3, -0.25) is 29.2 Å². The summed E-state index contributed by atoms with van der Waals surface area (Å²) in [5.74, 6) is -2.47. The van der Waals surface area contributed by atoms with Gasteiger partial charge in [0.25, 0.3) is 5.91 Å². The van der Waals surface area contributed by atoms with E-state index in [0.29, 0.717) is 56.1 Å². The first kappa shape index (κ1) is 48.2. The number of hydrogen-bond donors (Lipinski definition) is 2. The van der Waals surface area contributed by atoms with Crippen LogP contribution in [0.25, 0.3) is 27.7 Å². The van der Waals surface area contributed by atoms with E-state index in [1.54, 1.807) is 13.3 Å². The smallest absolute Gasteiger partial charge is 0.324 e. The molecule has 0 spiro atoms. The molecule has 2 aromatic heterocycles. The number of hydrogen-bond acceptors (Lipinski definition) is 11. The van der Waals surface area contributed by atoms with Crippen LogP contribution in [0.2, 0.25) is 0 Å². The molecular weight excluding hydrogens is 843 g/mol. The van der Waals surface area contributed by atoms with Crippen LogP contribution in [0.4, 0.5) is 0 Å². The van der Waals surface area contributed by atoms with Crippen LogP contribution in [-0.2, 0) is 46.4 Å². The molecule has 1 saturated carbocycles. The van der Waals surface area contributed by atoms with Crippen molar-refractivity contribution in [3.05, 3.63) is 58.2 Å². The van der Waals surface area contributed by atoms with Crippen LogP contribution in [0.15, 0.2) is 46.9 Å². The first-order valence-electron chi connectivity index (χ1n) is 23.7. The molecular formula is C50H69N7O7S. The zero-order chi connectivity index (χ0) is 46.6. The summed E-state index contributed by atoms with van der Waals surface area (Å²) in [4.78, 5) is 69.0. The van der Waals surface area contributed by atoms with Crippen molar-refractivity contribution in [2.75, 3.05) is 40.0 Å². The Bertz CT molecular complexity index is 2310. The van der Waals surface area contributed by atoms with Gasteiger partial charge < -0.3 is 29.0 Å². The lowest BCUT2D eigenvalue weighted by Crippen LogP contribution is -2.61. The zero-order valence-electron chi connectivity index (χ0n) is 39.6. The SMILES string of the molecule is C=C/C(=C(\N=C/C)[C@H](C)OC)c1c2c3cc(ccc3n1CC)-c1csc(n1)[C@@H](OCC)[C@H](NC(=O)[C@@H]1[C@@H](C)[C@H]1C(=O)N1CCCCCCC1)C(=O)N1CCC[C@H](N1)C(=O)OCC(C)(C)C2. The number of cyclic esters (lactones) is 1. The number of ether oxygens (including phenoxy) is 3. The van der Waals surface area contributed by atoms with Gasteiger partial charge in [-0.15, -0.1) is 11.3 Å². The normalized spacial score (nSPS) is 26.2. The molecule has 3 fully saturated rings. The van der Waals surface area contributed by atoms with E-state index in [1.807, 2.05) is 44.1 Å². The minimum atomic E-state index is -1.21. The van der Waals surface area contributed by atoms with Crippen molar-refractivity contribution in [1.29, 1.82) is 0 Å². The number of nitrogens with one attached hydrogen (secondary N) is 2. The molecule has 5 heterocycles. The van der Waals surface area contributed by atoms with E-state index in [2.05, 4.69) is 60.9 Å². The van der Waals surface area contributed by atoms with E-state index in [-0.39, 0.29) is 37.0 Å². The lowest BCUT2D eigenvalue weighted by atomic mass is 9.84. The highest BCUT2D eigenvalue weighted by atomic mass is 32.1. The van der Waals surface area contributed by atoms with Crippen LogP contribution in [-0.4, -0.2) is 108 Å². The van der Waals surface area contributed by atoms with Crippen LogP contribution in [0, 0.1) is 23.2 Å². The quantitative estimate of drug-likeness (QED) is 0.112. The second-order valence-electron chi connectivity index (χ2n) is 18.8. The first-order chi connectivity index (χ1) is 31.3. The van der Waals surface area contributed by atoms with Gasteiger partial charge in [0.15, 0.2) is 0 Å². The number of aliphatic imine (C=N–C) groups is 1. The second kappa shape index (κ2) is 20.9. The van der Waals surface area contributed by atoms with E-state index in [9.17, 15) is 19.2 Å². The molecule has 3 amide bonds. The summed E-state index contributed by atoms with van der Waals surface area (Å²) >= 11 is 1.37. The van der Waals surface area contributed by atoms with Crippen LogP contribution in [0.1, 0.15) is 116 Å². The van der Waals surface area contributed by atoms with Gasteiger partial charge in [-0.2, -0.15) is 0 Å². The molecule has 4 aliphatic rings. The molecule has 14 nitrogen and oxygen atoms in total. The number of esters is 1. The topological polar surface area (TPSA) is 157 Å². The molecule has 2 N–H and O–H groups in total. The Kier molecular flexibility index (Phi) is 15.5. The maximum Gasteiger partial charge on any atom is 0.324 e. The zero-order valence-corrected chi connectivity index (χ0v) is 40.4. The summed E-state index contributed by atoms with van der Waals surface area (Å²) in [6, 6.07) is 4.33. The number of carbonyl (C=O) groups excluding carboxylic acids is 4. The van der Waals surface area contributed by atoms with Crippen molar-refractivity contribution in [2.45, 2.75) is 131 Å². The Hall–Kier alpha value is -4.70. The fraction of sp³-hybridized carbons (Fsp3) is 0.600. The fourth-order valence-electron chi connectivity index (χ4n) is 10.0. The third kappa shape index (κ3) is 10.2. The molecule has 3 aliphatic heterocycles. The van der Waals surface area contributed by atoms with E-state index < -0.39 is 47.3 Å². The highest BCUT2D eigenvalue weighted by Gasteiger charge is 2.58. The standard InChI is InChI=1S/C50H69N7O7S/c1-10-33(41(51-11-2)31(6)62-9)43-35-27-50(7,8)29-64-49(61)36-20-19-25-57(54-36)48(60)42(53-45(58)39-30(5)40(39)47(59)55-23-17-15-14-16-18-24-55)44(63-13-4)46-52-37(28-65-46)32-21-22-38(34(35)26-32)56(43)12-3/h10-11,21-22,26,28,30-31,36,39-40,42,44,54H,1,12-20,23-25,27,29H2,2-9H3,(H,53,58)/b41-33+,51-11-/t30-,31+,36+,39-,40-,42+,44+/m1/s1. The van der Waals surface area contributed by atoms with E-state index in [4.69, 9.17) is 24.2 Å². The highest BCUT2D eigenvalue weighted by Crippen LogP contribution is 2.48. The van der Waals surface area contributed by atoms with E-state index in [1.165, 1.54) is 22.8 Å². The van der Waals surface area contributed by atoms with Gasteiger partial charge in [0.05, 0.1) is 41.6 Å². The molecule has 0 radical (unpaired) electrons. The van der Waals surface area contributed by atoms with Crippen molar-refractivity contribution in [3.63, 3.8) is 0 Å². The van der Waals surface area contributed by atoms with Gasteiger partial charge >= 0.3 is 5.97 Å². The third-order valence-corrected chi connectivity index (χ3v) is 14.5. The van der Waals surface area contributed by atoms with Gasteiger partial charge in [-0.05, 0) is 83.4 Å². The number of fused-ring (bicyclic) bond motifs is 6. The lowest BCUT2D eigenvalue weighted by molar-refractivity contribution is -0.156. The van der Waals surface area contributed by atoms with Crippen molar-refractivity contribution in [2.24, 2.45) is 28.2 Å². The second-order valence-corrected chi connectivity index (χ2v) is 19.7. The molecule has 6 bridgehead atoms. The monoisotopic (exact) mass is 911 g/mol. The fourth-order valence-corrected chi connectivity index (χ4v) is 10.9. The number of nitrogens with zero attached hydrogens (tertiary/aromatic N) is 5. The summed E-state index contributed by atoms with van der Waals surface area (Å²) in [5.41, 5.74) is 8.87. The van der Waals surface area contributed by atoms with Gasteiger partial charge in [0.1, 0.15) is 23.2 Å². The minimum Gasteiger partial charge on any atom is -0.464 e. The number of allylic oxidation sites excluding steroid dienone is 2. The lowest BCUT2D eigenvalue weighted by Gasteiger charge is -2.37. The molecule has 1 aliphatic carbocycles. The maximum atomic E-state index is 14.9. The molecule has 3 aromatic rings. The summed E-state index contributed by atoms with van der Waals surface area (Å²) in [6.07, 6.45) is 9.17. The number of amides is 3. The van der Waals surface area contributed by atoms with Crippen molar-refractivity contribution < 1.29 is 33.4 Å². The molecule has 1 aromatic carbocycles. The molecule has 65 heavy (non-hydrogen) atoms. The van der Waals surface area contributed by atoms with E-state index >= 15 is 0 Å². The highest BCUT2D eigenvalue weighted by molar-refractivity contribution is 7.10. The van der Waals surface area contributed by atoms with Gasteiger partial charge in [-0.25, -0.2) is 10.4 Å². The van der Waals surface area contributed by atoms with Crippen LogP contribution >= 0.6 is 11.3 Å². The van der Waals surface area contributed by atoms with Gasteiger partial charge in [-0.1, -0.05) is 58.8 Å². The predicted molar refractivity (Wildman–Crippen MR) is 255 cm³/mol. The van der Waals surface area contributed by atoms with Crippen molar-refractivity contribution >= 4 is 57.7 Å². The largest absolute Gasteiger partial charge is 0.464 e. The Labute approximate surface area is 388 Å². The number of thiazole rings is 1. The summed E-state index contributed by atoms with van der Waals surface area (Å²) in [7, 11) is 1.67. The Balaban J connectivity index is 1.32. The Morgan fingerprint density at radius 3 is 2.52 bits per heavy atom. The summed E-state index contributed by atoms with van der Waals surface area (Å²) in [6.45, 7) is 21.0. The number of carbonyl (C=O) groups is 4. The number of aryl methyl sites for hydroxylation is 1.